The van der Waals surface area contributed by atoms with E-state index in [0.29, 0.717) is 0 Å². The summed E-state index contributed by atoms with van der Waals surface area (Å²) < 4.78 is 5.18. The summed E-state index contributed by atoms with van der Waals surface area (Å²) in [5.74, 6) is 2.58. The lowest BCUT2D eigenvalue weighted by atomic mass is 10.0. The van der Waals surface area contributed by atoms with E-state index in [0.717, 1.165) is 36.2 Å². The first-order valence-electron chi connectivity index (χ1n) is 7.19. The number of likely N-dealkylation sites (tertiary alicyclic amines) is 1. The van der Waals surface area contributed by atoms with Gasteiger partial charge < -0.3 is 9.64 Å². The fraction of sp³-hybridized carbons (Fsp3) is 0.562. The molecule has 0 unspecified atom stereocenters. The number of rotatable bonds is 4. The number of carbonyl (C=O) groups excluding carboxylic acids is 1. The average Bonchev–Trinajstić information content (AvgIpc) is 3.14. The molecule has 3 rings (SSSR count). The van der Waals surface area contributed by atoms with Crippen molar-refractivity contribution in [3.05, 3.63) is 29.8 Å². The third-order valence-electron chi connectivity index (χ3n) is 4.25. The van der Waals surface area contributed by atoms with E-state index in [1.807, 2.05) is 29.2 Å². The van der Waals surface area contributed by atoms with Gasteiger partial charge in [-0.25, -0.2) is 0 Å². The van der Waals surface area contributed by atoms with Crippen LogP contribution in [0.2, 0.25) is 0 Å². The van der Waals surface area contributed by atoms with Crippen molar-refractivity contribution in [1.82, 2.24) is 4.90 Å². The van der Waals surface area contributed by atoms with Crippen LogP contribution in [-0.4, -0.2) is 31.0 Å². The van der Waals surface area contributed by atoms with Gasteiger partial charge in [-0.1, -0.05) is 18.9 Å². The number of hydrogen-bond donors (Lipinski definition) is 0. The van der Waals surface area contributed by atoms with Crippen molar-refractivity contribution >= 4 is 5.91 Å². The molecular weight excluding hydrogens is 238 g/mol. The van der Waals surface area contributed by atoms with Crippen molar-refractivity contribution in [2.45, 2.75) is 25.7 Å². The highest BCUT2D eigenvalue weighted by Crippen LogP contribution is 2.38. The van der Waals surface area contributed by atoms with Gasteiger partial charge >= 0.3 is 0 Å². The quantitative estimate of drug-likeness (QED) is 0.832. The molecule has 1 heterocycles. The minimum absolute atomic E-state index is 0.150. The monoisotopic (exact) mass is 259 g/mol. The summed E-state index contributed by atoms with van der Waals surface area (Å²) in [6.07, 6.45) is 5.30. The highest BCUT2D eigenvalue weighted by atomic mass is 16.5. The van der Waals surface area contributed by atoms with E-state index in [9.17, 15) is 4.79 Å². The summed E-state index contributed by atoms with van der Waals surface area (Å²) in [6.45, 7) is 1.85. The van der Waals surface area contributed by atoms with Crippen LogP contribution in [0.4, 0.5) is 0 Å². The van der Waals surface area contributed by atoms with Crippen molar-refractivity contribution in [2.24, 2.45) is 11.8 Å². The summed E-state index contributed by atoms with van der Waals surface area (Å²) in [5.41, 5.74) is 0.742. The largest absolute Gasteiger partial charge is 0.497 e. The minimum atomic E-state index is 0.150. The van der Waals surface area contributed by atoms with Gasteiger partial charge in [-0.15, -0.1) is 0 Å². The zero-order valence-electron chi connectivity index (χ0n) is 11.5. The topological polar surface area (TPSA) is 29.5 Å². The smallest absolute Gasteiger partial charge is 0.253 e. The van der Waals surface area contributed by atoms with Gasteiger partial charge in [-0.2, -0.15) is 0 Å². The average molecular weight is 259 g/mol. The van der Waals surface area contributed by atoms with Crippen LogP contribution < -0.4 is 4.74 Å². The molecule has 2 aliphatic rings. The molecule has 1 atom stereocenters. The number of hydrogen-bond acceptors (Lipinski definition) is 2. The first-order valence-corrected chi connectivity index (χ1v) is 7.19. The maximum Gasteiger partial charge on any atom is 0.253 e. The Balaban J connectivity index is 1.63. The van der Waals surface area contributed by atoms with Crippen molar-refractivity contribution in [1.29, 1.82) is 0 Å². The van der Waals surface area contributed by atoms with E-state index in [1.165, 1.54) is 25.7 Å². The summed E-state index contributed by atoms with van der Waals surface area (Å²) in [7, 11) is 1.63. The van der Waals surface area contributed by atoms with Gasteiger partial charge in [0.25, 0.3) is 5.91 Å². The van der Waals surface area contributed by atoms with Crippen molar-refractivity contribution in [3.8, 4) is 5.75 Å². The van der Waals surface area contributed by atoms with Crippen LogP contribution >= 0.6 is 0 Å². The Bertz CT molecular complexity index is 468. The molecule has 0 aromatic heterocycles. The molecule has 1 aliphatic heterocycles. The van der Waals surface area contributed by atoms with Crippen LogP contribution in [-0.2, 0) is 0 Å². The molecule has 19 heavy (non-hydrogen) atoms. The highest BCUT2D eigenvalue weighted by molar-refractivity contribution is 5.94. The molecule has 3 heteroatoms. The lowest BCUT2D eigenvalue weighted by molar-refractivity contribution is 0.0786. The van der Waals surface area contributed by atoms with E-state index < -0.39 is 0 Å². The highest BCUT2D eigenvalue weighted by Gasteiger charge is 2.32. The third-order valence-corrected chi connectivity index (χ3v) is 4.25. The fourth-order valence-electron chi connectivity index (χ4n) is 2.97. The van der Waals surface area contributed by atoms with Gasteiger partial charge in [0.2, 0.25) is 0 Å². The van der Waals surface area contributed by atoms with Gasteiger partial charge in [0, 0.05) is 18.7 Å². The van der Waals surface area contributed by atoms with Crippen LogP contribution in [0.15, 0.2) is 24.3 Å². The molecule has 0 spiro atoms. The first kappa shape index (κ1) is 12.5. The zero-order chi connectivity index (χ0) is 13.2. The molecule has 102 valence electrons. The number of benzene rings is 1. The van der Waals surface area contributed by atoms with Crippen molar-refractivity contribution < 1.29 is 9.53 Å². The van der Waals surface area contributed by atoms with E-state index in [-0.39, 0.29) is 5.91 Å². The van der Waals surface area contributed by atoms with E-state index in [4.69, 9.17) is 4.74 Å². The zero-order valence-corrected chi connectivity index (χ0v) is 11.5. The Kier molecular flexibility index (Phi) is 3.45. The second-order valence-corrected chi connectivity index (χ2v) is 5.82. The van der Waals surface area contributed by atoms with Gasteiger partial charge in [0.1, 0.15) is 5.75 Å². The van der Waals surface area contributed by atoms with E-state index in [1.54, 1.807) is 7.11 Å². The molecule has 1 aliphatic carbocycles. The van der Waals surface area contributed by atoms with Crippen LogP contribution in [0.5, 0.6) is 5.75 Å². The van der Waals surface area contributed by atoms with Crippen LogP contribution in [0.1, 0.15) is 36.0 Å². The Hall–Kier alpha value is -1.51. The Morgan fingerprint density at radius 2 is 2.16 bits per heavy atom. The van der Waals surface area contributed by atoms with Crippen LogP contribution in [0.3, 0.4) is 0 Å². The van der Waals surface area contributed by atoms with Gasteiger partial charge in [0.05, 0.1) is 7.11 Å². The van der Waals surface area contributed by atoms with Crippen molar-refractivity contribution in [2.75, 3.05) is 20.2 Å². The summed E-state index contributed by atoms with van der Waals surface area (Å²) in [6, 6.07) is 7.45. The predicted octanol–water partition coefficient (Wildman–Crippen LogP) is 2.96. The molecule has 1 amide bonds. The van der Waals surface area contributed by atoms with E-state index >= 15 is 0 Å². The second-order valence-electron chi connectivity index (χ2n) is 5.82. The first-order chi connectivity index (χ1) is 9.26. The molecule has 1 aromatic carbocycles. The molecule has 1 saturated carbocycles. The molecular formula is C16H21NO2. The maximum absolute atomic E-state index is 12.4. The number of carbonyl (C=O) groups is 1. The summed E-state index contributed by atoms with van der Waals surface area (Å²) in [4.78, 5) is 14.4. The Labute approximate surface area is 114 Å². The molecule has 1 aromatic rings. The number of methoxy groups -OCH3 is 1. The number of nitrogens with zero attached hydrogens (tertiary/aromatic N) is 1. The van der Waals surface area contributed by atoms with Crippen LogP contribution in [0, 0.1) is 11.8 Å². The lowest BCUT2D eigenvalue weighted by Gasteiger charge is -2.17. The van der Waals surface area contributed by atoms with Crippen LogP contribution in [0.25, 0.3) is 0 Å². The second kappa shape index (κ2) is 5.24. The molecule has 1 saturated heterocycles. The van der Waals surface area contributed by atoms with Crippen molar-refractivity contribution in [3.63, 3.8) is 0 Å². The summed E-state index contributed by atoms with van der Waals surface area (Å²) in [5, 5.41) is 0. The van der Waals surface area contributed by atoms with E-state index in [2.05, 4.69) is 0 Å². The number of ether oxygens (including phenoxy) is 1. The fourth-order valence-corrected chi connectivity index (χ4v) is 2.97. The molecule has 3 nitrogen and oxygen atoms in total. The van der Waals surface area contributed by atoms with Gasteiger partial charge in [0.15, 0.2) is 0 Å². The SMILES string of the molecule is COc1cccc(C(=O)N2CC[C@@H](CC3CC3)C2)c1. The normalized spacial score (nSPS) is 22.6. The lowest BCUT2D eigenvalue weighted by Crippen LogP contribution is -2.28. The molecule has 0 bridgehead atoms. The standard InChI is InChI=1S/C16H21NO2/c1-19-15-4-2-3-14(10-15)16(18)17-8-7-13(11-17)9-12-5-6-12/h2-4,10,12-13H,5-9,11H2,1H3/t13-/m0/s1. The molecule has 0 N–H and O–H groups in total. The van der Waals surface area contributed by atoms with Gasteiger partial charge in [-0.05, 0) is 42.9 Å². The van der Waals surface area contributed by atoms with Gasteiger partial charge in [-0.3, -0.25) is 4.79 Å². The summed E-state index contributed by atoms with van der Waals surface area (Å²) >= 11 is 0. The third kappa shape index (κ3) is 2.91. The predicted molar refractivity (Wildman–Crippen MR) is 74.3 cm³/mol. The Morgan fingerprint density at radius 1 is 1.32 bits per heavy atom. The minimum Gasteiger partial charge on any atom is -0.497 e. The number of amides is 1. The Morgan fingerprint density at radius 3 is 2.89 bits per heavy atom. The molecule has 2 fully saturated rings. The molecule has 0 radical (unpaired) electrons. The maximum atomic E-state index is 12.4.